The molecule has 0 aromatic carbocycles. The molecule has 0 heterocycles. The van der Waals surface area contributed by atoms with Crippen LogP contribution in [0.3, 0.4) is 0 Å². The molecule has 0 saturated heterocycles. The zero-order chi connectivity index (χ0) is 11.3. The van der Waals surface area contributed by atoms with Crippen LogP contribution < -0.4 is 5.32 Å². The molecule has 1 atom stereocenters. The maximum Gasteiger partial charge on any atom is 0.147 e. The van der Waals surface area contributed by atoms with Gasteiger partial charge in [0.2, 0.25) is 0 Å². The van der Waals surface area contributed by atoms with E-state index < -0.39 is 5.41 Å². The molecule has 0 unspecified atom stereocenters. The second-order valence-electron chi connectivity index (χ2n) is 3.89. The van der Waals surface area contributed by atoms with E-state index in [2.05, 4.69) is 23.8 Å². The van der Waals surface area contributed by atoms with Crippen molar-refractivity contribution in [3.8, 4) is 0 Å². The molecule has 0 radical (unpaired) electrons. The number of carbonyl (C=O) groups excluding carboxylic acids is 1. The first-order valence-electron chi connectivity index (χ1n) is 5.17. The SMILES string of the molecule is C=NOC(=C)[C@@]1(CNC)CCCCC1=O. The summed E-state index contributed by atoms with van der Waals surface area (Å²) in [6.45, 7) is 7.60. The minimum Gasteiger partial charge on any atom is -0.362 e. The van der Waals surface area contributed by atoms with E-state index in [0.29, 0.717) is 18.7 Å². The van der Waals surface area contributed by atoms with E-state index in [1.54, 1.807) is 0 Å². The number of oxime groups is 1. The van der Waals surface area contributed by atoms with Crippen LogP contribution in [0.2, 0.25) is 0 Å². The third kappa shape index (κ3) is 2.26. The van der Waals surface area contributed by atoms with Crippen molar-refractivity contribution in [2.45, 2.75) is 25.7 Å². The van der Waals surface area contributed by atoms with Crippen LogP contribution in [0, 0.1) is 5.41 Å². The van der Waals surface area contributed by atoms with Crippen molar-refractivity contribution in [1.82, 2.24) is 5.32 Å². The number of nitrogens with zero attached hydrogens (tertiary/aromatic N) is 1. The topological polar surface area (TPSA) is 50.7 Å². The van der Waals surface area contributed by atoms with Crippen LogP contribution in [0.5, 0.6) is 0 Å². The molecule has 4 nitrogen and oxygen atoms in total. The van der Waals surface area contributed by atoms with Crippen molar-refractivity contribution in [2.75, 3.05) is 13.6 Å². The third-order valence-corrected chi connectivity index (χ3v) is 2.98. The Labute approximate surface area is 90.4 Å². The standard InChI is InChI=1S/C11H18N2O2/c1-9(15-13-3)11(8-12-2)7-5-4-6-10(11)14/h12H,1,3-8H2,2H3/t11-/m0/s1. The van der Waals surface area contributed by atoms with Gasteiger partial charge in [-0.1, -0.05) is 18.2 Å². The van der Waals surface area contributed by atoms with Crippen molar-refractivity contribution in [2.24, 2.45) is 10.6 Å². The molecular formula is C11H18N2O2. The molecule has 4 heteroatoms. The summed E-state index contributed by atoms with van der Waals surface area (Å²) in [5.41, 5.74) is -0.603. The maximum atomic E-state index is 12.0. The molecular weight excluding hydrogens is 192 g/mol. The smallest absolute Gasteiger partial charge is 0.147 e. The zero-order valence-corrected chi connectivity index (χ0v) is 9.21. The van der Waals surface area contributed by atoms with Crippen molar-refractivity contribution >= 4 is 12.5 Å². The lowest BCUT2D eigenvalue weighted by Crippen LogP contribution is -2.43. The Kier molecular flexibility index (Phi) is 4.03. The lowest BCUT2D eigenvalue weighted by Gasteiger charge is -2.35. The summed E-state index contributed by atoms with van der Waals surface area (Å²) in [6.07, 6.45) is 3.36. The van der Waals surface area contributed by atoms with Gasteiger partial charge in [-0.3, -0.25) is 4.79 Å². The Bertz CT molecular complexity index is 272. The van der Waals surface area contributed by atoms with E-state index in [9.17, 15) is 4.79 Å². The summed E-state index contributed by atoms with van der Waals surface area (Å²) in [5, 5.41) is 6.37. The van der Waals surface area contributed by atoms with Gasteiger partial charge < -0.3 is 10.2 Å². The Balaban J connectivity index is 2.89. The van der Waals surface area contributed by atoms with Gasteiger partial charge in [0.25, 0.3) is 0 Å². The molecule has 84 valence electrons. The first kappa shape index (κ1) is 11.9. The Hall–Kier alpha value is -1.16. The Morgan fingerprint density at radius 3 is 2.93 bits per heavy atom. The third-order valence-electron chi connectivity index (χ3n) is 2.98. The summed E-state index contributed by atoms with van der Waals surface area (Å²) >= 11 is 0. The number of nitrogens with one attached hydrogen (secondary N) is 1. The molecule has 0 amide bonds. The molecule has 1 rings (SSSR count). The van der Waals surface area contributed by atoms with Gasteiger partial charge >= 0.3 is 0 Å². The van der Waals surface area contributed by atoms with Gasteiger partial charge in [0.1, 0.15) is 17.0 Å². The predicted molar refractivity (Wildman–Crippen MR) is 59.6 cm³/mol. The summed E-state index contributed by atoms with van der Waals surface area (Å²) in [7, 11) is 1.82. The van der Waals surface area contributed by atoms with Crippen LogP contribution in [0.15, 0.2) is 17.5 Å². The second kappa shape index (κ2) is 5.07. The van der Waals surface area contributed by atoms with Crippen molar-refractivity contribution in [1.29, 1.82) is 0 Å². The van der Waals surface area contributed by atoms with E-state index in [0.717, 1.165) is 19.3 Å². The molecule has 1 saturated carbocycles. The molecule has 0 bridgehead atoms. The molecule has 15 heavy (non-hydrogen) atoms. The van der Waals surface area contributed by atoms with Gasteiger partial charge in [0.05, 0.1) is 0 Å². The molecule has 1 aliphatic carbocycles. The summed E-state index contributed by atoms with van der Waals surface area (Å²) in [5.74, 6) is 0.605. The van der Waals surface area contributed by atoms with E-state index in [1.807, 2.05) is 7.05 Å². The zero-order valence-electron chi connectivity index (χ0n) is 9.21. The number of ketones is 1. The largest absolute Gasteiger partial charge is 0.362 e. The monoisotopic (exact) mass is 210 g/mol. The lowest BCUT2D eigenvalue weighted by atomic mass is 9.71. The molecule has 1 fully saturated rings. The highest BCUT2D eigenvalue weighted by Crippen LogP contribution is 2.39. The van der Waals surface area contributed by atoms with Crippen LogP contribution in [-0.4, -0.2) is 26.1 Å². The number of carbonyl (C=O) groups is 1. The van der Waals surface area contributed by atoms with Crippen LogP contribution >= 0.6 is 0 Å². The number of rotatable bonds is 5. The van der Waals surface area contributed by atoms with Crippen LogP contribution in [-0.2, 0) is 9.63 Å². The van der Waals surface area contributed by atoms with Gasteiger partial charge in [0.15, 0.2) is 0 Å². The van der Waals surface area contributed by atoms with E-state index in [-0.39, 0.29) is 5.78 Å². The van der Waals surface area contributed by atoms with Crippen molar-refractivity contribution in [3.63, 3.8) is 0 Å². The molecule has 0 spiro atoms. The number of Topliss-reactive ketones (excluding diaryl/α,β-unsaturated/α-hetero) is 1. The Morgan fingerprint density at radius 1 is 1.67 bits per heavy atom. The molecule has 1 aliphatic rings. The molecule has 0 aromatic rings. The molecule has 0 aliphatic heterocycles. The predicted octanol–water partition coefficient (Wildman–Crippen LogP) is 1.48. The van der Waals surface area contributed by atoms with Crippen molar-refractivity contribution < 1.29 is 9.63 Å². The van der Waals surface area contributed by atoms with Crippen LogP contribution in [0.1, 0.15) is 25.7 Å². The quantitative estimate of drug-likeness (QED) is 0.425. The minimum absolute atomic E-state index is 0.191. The second-order valence-corrected chi connectivity index (χ2v) is 3.89. The lowest BCUT2D eigenvalue weighted by molar-refractivity contribution is -0.131. The van der Waals surface area contributed by atoms with E-state index >= 15 is 0 Å². The molecule has 1 N–H and O–H groups in total. The maximum absolute atomic E-state index is 12.0. The van der Waals surface area contributed by atoms with Gasteiger partial charge in [-0.2, -0.15) is 0 Å². The van der Waals surface area contributed by atoms with E-state index in [1.165, 1.54) is 0 Å². The van der Waals surface area contributed by atoms with Gasteiger partial charge in [-0.25, -0.2) is 0 Å². The first-order chi connectivity index (χ1) is 7.17. The van der Waals surface area contributed by atoms with Crippen LogP contribution in [0.4, 0.5) is 0 Å². The normalized spacial score (nSPS) is 26.1. The highest BCUT2D eigenvalue weighted by molar-refractivity contribution is 5.88. The average molecular weight is 210 g/mol. The highest BCUT2D eigenvalue weighted by Gasteiger charge is 2.43. The highest BCUT2D eigenvalue weighted by atomic mass is 16.6. The number of hydrogen-bond acceptors (Lipinski definition) is 4. The molecule has 0 aromatic heterocycles. The van der Waals surface area contributed by atoms with E-state index in [4.69, 9.17) is 4.84 Å². The summed E-state index contributed by atoms with van der Waals surface area (Å²) < 4.78 is 0. The van der Waals surface area contributed by atoms with Gasteiger partial charge in [0, 0.05) is 19.7 Å². The fourth-order valence-electron chi connectivity index (χ4n) is 2.14. The van der Waals surface area contributed by atoms with Crippen molar-refractivity contribution in [3.05, 3.63) is 12.3 Å². The minimum atomic E-state index is -0.603. The summed E-state index contributed by atoms with van der Waals surface area (Å²) in [4.78, 5) is 16.9. The first-order valence-corrected chi connectivity index (χ1v) is 5.17. The average Bonchev–Trinajstić information content (AvgIpc) is 2.22. The van der Waals surface area contributed by atoms with Crippen LogP contribution in [0.25, 0.3) is 0 Å². The fraction of sp³-hybridized carbons (Fsp3) is 0.636. The summed E-state index contributed by atoms with van der Waals surface area (Å²) in [6, 6.07) is 0. The van der Waals surface area contributed by atoms with Gasteiger partial charge in [-0.05, 0) is 19.9 Å². The Morgan fingerprint density at radius 2 is 2.40 bits per heavy atom. The number of hydrogen-bond donors (Lipinski definition) is 1. The van der Waals surface area contributed by atoms with Gasteiger partial charge in [-0.15, -0.1) is 0 Å². The fourth-order valence-corrected chi connectivity index (χ4v) is 2.14.